The van der Waals surface area contributed by atoms with E-state index in [9.17, 15) is 14.4 Å². The van der Waals surface area contributed by atoms with Crippen molar-refractivity contribution in [2.75, 3.05) is 6.54 Å². The lowest BCUT2D eigenvalue weighted by molar-refractivity contribution is -0.142. The highest BCUT2D eigenvalue weighted by Gasteiger charge is 2.23. The first-order valence-electron chi connectivity index (χ1n) is 6.46. The molecule has 0 aliphatic heterocycles. The quantitative estimate of drug-likeness (QED) is 0.577. The van der Waals surface area contributed by atoms with Gasteiger partial charge in [-0.15, -0.1) is 0 Å². The molecule has 1 heterocycles. The molecule has 0 aliphatic rings. The second-order valence-corrected chi connectivity index (χ2v) is 4.74. The Hall–Kier alpha value is -2.51. The summed E-state index contributed by atoms with van der Waals surface area (Å²) in [6.07, 6.45) is 1.49. The lowest BCUT2D eigenvalue weighted by atomic mass is 10.1. The standard InChI is InChI=1S/C13H19N3O5/c1-8(2)11(12(18)19)16-10(17)7-15-13(20)14-6-9-4-3-5-21-9/h3-5,8,11H,6-7H2,1-2H3,(H,16,17)(H,18,19)(H2,14,15,20). The SMILES string of the molecule is CC(C)C(NC(=O)CNC(=O)NCc1ccco1)C(=O)O. The van der Waals surface area contributed by atoms with E-state index < -0.39 is 23.9 Å². The summed E-state index contributed by atoms with van der Waals surface area (Å²) in [5.74, 6) is -1.34. The molecule has 0 aliphatic carbocycles. The van der Waals surface area contributed by atoms with Gasteiger partial charge in [0.05, 0.1) is 19.4 Å². The van der Waals surface area contributed by atoms with Crippen LogP contribution in [0.3, 0.4) is 0 Å². The minimum Gasteiger partial charge on any atom is -0.480 e. The van der Waals surface area contributed by atoms with Gasteiger partial charge in [-0.25, -0.2) is 9.59 Å². The third-order valence-electron chi connectivity index (χ3n) is 2.66. The number of carboxylic acids is 1. The molecule has 0 aromatic carbocycles. The Bertz CT molecular complexity index is 484. The third kappa shape index (κ3) is 5.98. The van der Waals surface area contributed by atoms with Gasteiger partial charge < -0.3 is 25.5 Å². The molecule has 4 N–H and O–H groups in total. The molecule has 1 aromatic heterocycles. The normalized spacial score (nSPS) is 11.8. The largest absolute Gasteiger partial charge is 0.480 e. The van der Waals surface area contributed by atoms with E-state index in [2.05, 4.69) is 16.0 Å². The van der Waals surface area contributed by atoms with Crippen molar-refractivity contribution in [3.63, 3.8) is 0 Å². The first kappa shape index (κ1) is 16.5. The van der Waals surface area contributed by atoms with Crippen molar-refractivity contribution in [2.24, 2.45) is 5.92 Å². The predicted octanol–water partition coefficient (Wildman–Crippen LogP) is 0.304. The highest BCUT2D eigenvalue weighted by molar-refractivity contribution is 5.87. The Morgan fingerprint density at radius 2 is 2.00 bits per heavy atom. The summed E-state index contributed by atoms with van der Waals surface area (Å²) in [5, 5.41) is 16.1. The molecule has 116 valence electrons. The average Bonchev–Trinajstić information content (AvgIpc) is 2.92. The van der Waals surface area contributed by atoms with Crippen molar-refractivity contribution in [3.8, 4) is 0 Å². The minimum absolute atomic E-state index is 0.199. The van der Waals surface area contributed by atoms with Gasteiger partial charge in [0.2, 0.25) is 5.91 Å². The van der Waals surface area contributed by atoms with Crippen LogP contribution in [0.2, 0.25) is 0 Å². The molecule has 0 radical (unpaired) electrons. The van der Waals surface area contributed by atoms with Gasteiger partial charge in [0.15, 0.2) is 0 Å². The number of aliphatic carboxylic acids is 1. The van der Waals surface area contributed by atoms with Crippen molar-refractivity contribution >= 4 is 17.9 Å². The molecule has 1 aromatic rings. The molecule has 1 rings (SSSR count). The molecular weight excluding hydrogens is 278 g/mol. The van der Waals surface area contributed by atoms with E-state index in [0.29, 0.717) is 5.76 Å². The maximum Gasteiger partial charge on any atom is 0.326 e. The number of carbonyl (C=O) groups excluding carboxylic acids is 2. The number of carboxylic acid groups (broad SMARTS) is 1. The molecule has 0 bridgehead atoms. The fraction of sp³-hybridized carbons (Fsp3) is 0.462. The molecule has 1 unspecified atom stereocenters. The van der Waals surface area contributed by atoms with E-state index in [-0.39, 0.29) is 19.0 Å². The molecule has 0 spiro atoms. The zero-order valence-corrected chi connectivity index (χ0v) is 11.9. The van der Waals surface area contributed by atoms with Crippen molar-refractivity contribution < 1.29 is 23.9 Å². The molecule has 0 saturated carbocycles. The number of hydrogen-bond donors (Lipinski definition) is 4. The molecule has 0 fully saturated rings. The fourth-order valence-electron chi connectivity index (χ4n) is 1.54. The van der Waals surface area contributed by atoms with Crippen molar-refractivity contribution in [2.45, 2.75) is 26.4 Å². The summed E-state index contributed by atoms with van der Waals surface area (Å²) in [4.78, 5) is 33.9. The second kappa shape index (κ2) is 7.93. The number of rotatable bonds is 7. The molecule has 21 heavy (non-hydrogen) atoms. The van der Waals surface area contributed by atoms with Crippen LogP contribution < -0.4 is 16.0 Å². The highest BCUT2D eigenvalue weighted by atomic mass is 16.4. The molecule has 0 saturated heterocycles. The second-order valence-electron chi connectivity index (χ2n) is 4.74. The molecule has 1 atom stereocenters. The van der Waals surface area contributed by atoms with Gasteiger partial charge >= 0.3 is 12.0 Å². The van der Waals surface area contributed by atoms with Crippen molar-refractivity contribution in [1.82, 2.24) is 16.0 Å². The topological polar surface area (TPSA) is 121 Å². The van der Waals surface area contributed by atoms with Gasteiger partial charge in [-0.3, -0.25) is 4.79 Å². The Labute approximate surface area is 121 Å². The summed E-state index contributed by atoms with van der Waals surface area (Å²) in [6.45, 7) is 3.26. The van der Waals surface area contributed by atoms with E-state index >= 15 is 0 Å². The predicted molar refractivity (Wildman–Crippen MR) is 73.4 cm³/mol. The molecule has 8 nitrogen and oxygen atoms in total. The van der Waals surface area contributed by atoms with Crippen LogP contribution in [0.1, 0.15) is 19.6 Å². The summed E-state index contributed by atoms with van der Waals surface area (Å²) < 4.78 is 5.03. The van der Waals surface area contributed by atoms with Crippen LogP contribution in [0.25, 0.3) is 0 Å². The minimum atomic E-state index is -1.11. The Morgan fingerprint density at radius 3 is 2.52 bits per heavy atom. The monoisotopic (exact) mass is 297 g/mol. The smallest absolute Gasteiger partial charge is 0.326 e. The first-order valence-corrected chi connectivity index (χ1v) is 6.46. The number of carbonyl (C=O) groups is 3. The van der Waals surface area contributed by atoms with E-state index in [1.54, 1.807) is 26.0 Å². The number of furan rings is 1. The number of amides is 3. The first-order chi connectivity index (χ1) is 9.90. The average molecular weight is 297 g/mol. The number of nitrogens with one attached hydrogen (secondary N) is 3. The zero-order chi connectivity index (χ0) is 15.8. The lowest BCUT2D eigenvalue weighted by Crippen LogP contribution is -2.49. The van der Waals surface area contributed by atoms with Gasteiger partial charge in [0.25, 0.3) is 0 Å². The van der Waals surface area contributed by atoms with E-state index in [1.807, 2.05) is 0 Å². The molecular formula is C13H19N3O5. The van der Waals surface area contributed by atoms with Gasteiger partial charge in [-0.2, -0.15) is 0 Å². The van der Waals surface area contributed by atoms with E-state index in [4.69, 9.17) is 9.52 Å². The maximum atomic E-state index is 11.6. The van der Waals surface area contributed by atoms with Crippen molar-refractivity contribution in [3.05, 3.63) is 24.2 Å². The van der Waals surface area contributed by atoms with Crippen LogP contribution in [0.4, 0.5) is 4.79 Å². The Kier molecular flexibility index (Phi) is 6.25. The maximum absolute atomic E-state index is 11.6. The van der Waals surface area contributed by atoms with Crippen LogP contribution in [0.5, 0.6) is 0 Å². The van der Waals surface area contributed by atoms with Crippen molar-refractivity contribution in [1.29, 1.82) is 0 Å². The Morgan fingerprint density at radius 1 is 1.29 bits per heavy atom. The van der Waals surface area contributed by atoms with Gasteiger partial charge in [0.1, 0.15) is 11.8 Å². The molecule has 3 amide bonds. The third-order valence-corrected chi connectivity index (χ3v) is 2.66. The van der Waals surface area contributed by atoms with Crippen LogP contribution in [-0.4, -0.2) is 35.6 Å². The summed E-state index contributed by atoms with van der Waals surface area (Å²) in [5.41, 5.74) is 0. The molecule has 8 heteroatoms. The van der Waals surface area contributed by atoms with Gasteiger partial charge in [-0.1, -0.05) is 13.8 Å². The Balaban J connectivity index is 2.28. The number of urea groups is 1. The van der Waals surface area contributed by atoms with Gasteiger partial charge in [0, 0.05) is 0 Å². The van der Waals surface area contributed by atoms with E-state index in [0.717, 1.165) is 0 Å². The number of hydrogen-bond acceptors (Lipinski definition) is 4. The van der Waals surface area contributed by atoms with Gasteiger partial charge in [-0.05, 0) is 18.1 Å². The van der Waals surface area contributed by atoms with E-state index in [1.165, 1.54) is 6.26 Å². The lowest BCUT2D eigenvalue weighted by Gasteiger charge is -2.18. The van der Waals surface area contributed by atoms with Crippen LogP contribution in [0.15, 0.2) is 22.8 Å². The summed E-state index contributed by atoms with van der Waals surface area (Å²) >= 11 is 0. The summed E-state index contributed by atoms with van der Waals surface area (Å²) in [6, 6.07) is 1.87. The van der Waals surface area contributed by atoms with Crippen LogP contribution in [-0.2, 0) is 16.1 Å². The summed E-state index contributed by atoms with van der Waals surface area (Å²) in [7, 11) is 0. The zero-order valence-electron chi connectivity index (χ0n) is 11.9. The van der Waals surface area contributed by atoms with Crippen LogP contribution in [0, 0.1) is 5.92 Å². The fourth-order valence-corrected chi connectivity index (χ4v) is 1.54. The van der Waals surface area contributed by atoms with Crippen LogP contribution >= 0.6 is 0 Å². The highest BCUT2D eigenvalue weighted by Crippen LogP contribution is 2.01.